The Kier molecular flexibility index (Phi) is 4.85. The zero-order valence-corrected chi connectivity index (χ0v) is 17.6. The monoisotopic (exact) mass is 420 g/mol. The van der Waals surface area contributed by atoms with E-state index in [9.17, 15) is 4.79 Å². The van der Waals surface area contributed by atoms with Gasteiger partial charge in [-0.3, -0.25) is 4.79 Å². The number of thiazole rings is 1. The Hall–Kier alpha value is -2.64. The van der Waals surface area contributed by atoms with Crippen LogP contribution in [-0.2, 0) is 12.8 Å². The summed E-state index contributed by atoms with van der Waals surface area (Å²) in [4.78, 5) is 18.9. The summed E-state index contributed by atoms with van der Waals surface area (Å²) < 4.78 is 2.92. The maximum atomic E-state index is 13.0. The fraction of sp³-hybridized carbons (Fsp3) is 0.227. The van der Waals surface area contributed by atoms with Gasteiger partial charge in [-0.2, -0.15) is 9.78 Å². The standard InChI is InChI=1S/C22H20N4OS2/c1-2-28-15-12-10-14(11-13-15)21(27)24-20-16-6-5-8-17(16)25-26(20)22-23-18-7-3-4-9-19(18)29-22/h3-4,7,9-13H,2,5-6,8H2,1H3,(H,24,27). The topological polar surface area (TPSA) is 59.8 Å². The van der Waals surface area contributed by atoms with Gasteiger partial charge in [-0.1, -0.05) is 30.4 Å². The van der Waals surface area contributed by atoms with E-state index in [4.69, 9.17) is 10.1 Å². The first-order chi connectivity index (χ1) is 14.2. The molecule has 146 valence electrons. The lowest BCUT2D eigenvalue weighted by atomic mass is 10.2. The Labute approximate surface area is 177 Å². The molecule has 0 bridgehead atoms. The van der Waals surface area contributed by atoms with E-state index in [1.807, 2.05) is 47.1 Å². The lowest BCUT2D eigenvalue weighted by Crippen LogP contribution is -2.16. The number of amides is 1. The van der Waals surface area contributed by atoms with E-state index >= 15 is 0 Å². The Balaban J connectivity index is 1.50. The predicted octanol–water partition coefficient (Wildman–Crippen LogP) is 5.34. The van der Waals surface area contributed by atoms with Gasteiger partial charge in [-0.25, -0.2) is 4.98 Å². The number of carbonyl (C=O) groups excluding carboxylic acids is 1. The highest BCUT2D eigenvalue weighted by atomic mass is 32.2. The van der Waals surface area contributed by atoms with E-state index in [1.165, 1.54) is 4.90 Å². The predicted molar refractivity (Wildman–Crippen MR) is 120 cm³/mol. The van der Waals surface area contributed by atoms with Gasteiger partial charge in [0.25, 0.3) is 5.91 Å². The fourth-order valence-corrected chi connectivity index (χ4v) is 5.24. The number of hydrogen-bond acceptors (Lipinski definition) is 5. The minimum Gasteiger partial charge on any atom is -0.306 e. The number of benzene rings is 2. The summed E-state index contributed by atoms with van der Waals surface area (Å²) in [6.07, 6.45) is 2.95. The largest absolute Gasteiger partial charge is 0.306 e. The molecule has 2 aromatic carbocycles. The maximum absolute atomic E-state index is 13.0. The number of carbonyl (C=O) groups is 1. The number of hydrogen-bond donors (Lipinski definition) is 1. The highest BCUT2D eigenvalue weighted by molar-refractivity contribution is 7.99. The minimum absolute atomic E-state index is 0.116. The van der Waals surface area contributed by atoms with E-state index in [0.29, 0.717) is 5.56 Å². The van der Waals surface area contributed by atoms with Crippen molar-refractivity contribution < 1.29 is 4.79 Å². The quantitative estimate of drug-likeness (QED) is 0.443. The van der Waals surface area contributed by atoms with Crippen molar-refractivity contribution in [2.45, 2.75) is 31.1 Å². The molecule has 0 saturated carbocycles. The van der Waals surface area contributed by atoms with Gasteiger partial charge in [-0.15, -0.1) is 11.8 Å². The number of anilines is 1. The van der Waals surface area contributed by atoms with Gasteiger partial charge in [0, 0.05) is 16.0 Å². The van der Waals surface area contributed by atoms with Gasteiger partial charge in [0.1, 0.15) is 5.82 Å². The molecular formula is C22H20N4OS2. The van der Waals surface area contributed by atoms with E-state index in [0.717, 1.165) is 57.4 Å². The van der Waals surface area contributed by atoms with Gasteiger partial charge < -0.3 is 5.32 Å². The summed E-state index contributed by atoms with van der Waals surface area (Å²) in [6.45, 7) is 2.12. The smallest absolute Gasteiger partial charge is 0.256 e. The molecule has 1 N–H and O–H groups in total. The van der Waals surface area contributed by atoms with E-state index in [-0.39, 0.29) is 5.91 Å². The SMILES string of the molecule is CCSc1ccc(C(=O)Nc2c3c(nn2-c2nc4ccccc4s2)CCC3)cc1. The summed E-state index contributed by atoms with van der Waals surface area (Å²) in [5.74, 6) is 1.66. The molecule has 0 fully saturated rings. The summed E-state index contributed by atoms with van der Waals surface area (Å²) in [7, 11) is 0. The lowest BCUT2D eigenvalue weighted by molar-refractivity contribution is 0.102. The van der Waals surface area contributed by atoms with Crippen LogP contribution in [0.2, 0.25) is 0 Å². The number of aryl methyl sites for hydroxylation is 1. The molecule has 0 unspecified atom stereocenters. The van der Waals surface area contributed by atoms with Gasteiger partial charge in [0.2, 0.25) is 5.13 Å². The first-order valence-corrected chi connectivity index (χ1v) is 11.5. The summed E-state index contributed by atoms with van der Waals surface area (Å²) in [5.41, 5.74) is 3.80. The van der Waals surface area contributed by atoms with Crippen molar-refractivity contribution in [2.75, 3.05) is 11.1 Å². The van der Waals surface area contributed by atoms with Crippen molar-refractivity contribution in [3.63, 3.8) is 0 Å². The Bertz CT molecular complexity index is 1160. The summed E-state index contributed by atoms with van der Waals surface area (Å²) in [5, 5.41) is 8.69. The number of para-hydroxylation sites is 1. The molecule has 4 aromatic rings. The number of fused-ring (bicyclic) bond motifs is 2. The second-order valence-corrected chi connectivity index (χ2v) is 9.26. The first-order valence-electron chi connectivity index (χ1n) is 9.74. The molecule has 0 aliphatic heterocycles. The Morgan fingerprint density at radius 3 is 2.79 bits per heavy atom. The van der Waals surface area contributed by atoms with Crippen molar-refractivity contribution in [2.24, 2.45) is 0 Å². The van der Waals surface area contributed by atoms with Crippen LogP contribution in [0.1, 0.15) is 35.0 Å². The Morgan fingerprint density at radius 1 is 1.17 bits per heavy atom. The fourth-order valence-electron chi connectivity index (χ4n) is 3.66. The van der Waals surface area contributed by atoms with Gasteiger partial charge in [0.15, 0.2) is 0 Å². The molecule has 5 rings (SSSR count). The third-order valence-corrected chi connectivity index (χ3v) is 6.94. The molecular weight excluding hydrogens is 400 g/mol. The van der Waals surface area contributed by atoms with Crippen LogP contribution in [0.25, 0.3) is 15.3 Å². The molecule has 29 heavy (non-hydrogen) atoms. The second-order valence-electron chi connectivity index (χ2n) is 6.91. The number of nitrogens with zero attached hydrogens (tertiary/aromatic N) is 3. The van der Waals surface area contributed by atoms with Crippen molar-refractivity contribution in [3.8, 4) is 5.13 Å². The van der Waals surface area contributed by atoms with Crippen LogP contribution in [0.4, 0.5) is 5.82 Å². The summed E-state index contributed by atoms with van der Waals surface area (Å²) in [6, 6.07) is 15.8. The molecule has 0 atom stereocenters. The number of thioether (sulfide) groups is 1. The third kappa shape index (κ3) is 3.45. The van der Waals surface area contributed by atoms with Crippen molar-refractivity contribution in [1.29, 1.82) is 0 Å². The molecule has 2 heterocycles. The van der Waals surface area contributed by atoms with Crippen molar-refractivity contribution >= 4 is 45.0 Å². The van der Waals surface area contributed by atoms with Crippen molar-refractivity contribution in [3.05, 3.63) is 65.4 Å². The van der Waals surface area contributed by atoms with Crippen LogP contribution >= 0.6 is 23.1 Å². The van der Waals surface area contributed by atoms with Crippen LogP contribution in [0.3, 0.4) is 0 Å². The van der Waals surface area contributed by atoms with Crippen molar-refractivity contribution in [1.82, 2.24) is 14.8 Å². The molecule has 7 heteroatoms. The molecule has 2 aromatic heterocycles. The van der Waals surface area contributed by atoms with Gasteiger partial charge in [-0.05, 0) is 61.4 Å². The lowest BCUT2D eigenvalue weighted by Gasteiger charge is -2.09. The summed E-state index contributed by atoms with van der Waals surface area (Å²) >= 11 is 3.35. The van der Waals surface area contributed by atoms with Crippen LogP contribution in [0, 0.1) is 0 Å². The Morgan fingerprint density at radius 2 is 2.00 bits per heavy atom. The van der Waals surface area contributed by atoms with Crippen LogP contribution in [0.15, 0.2) is 53.4 Å². The highest BCUT2D eigenvalue weighted by Gasteiger charge is 2.26. The zero-order chi connectivity index (χ0) is 19.8. The minimum atomic E-state index is -0.116. The molecule has 1 aliphatic rings. The average molecular weight is 421 g/mol. The van der Waals surface area contributed by atoms with E-state index in [1.54, 1.807) is 23.1 Å². The molecule has 1 amide bonds. The number of aromatic nitrogens is 3. The zero-order valence-electron chi connectivity index (χ0n) is 16.0. The normalized spacial score (nSPS) is 13.0. The first kappa shape index (κ1) is 18.4. The second kappa shape index (κ2) is 7.65. The molecule has 5 nitrogen and oxygen atoms in total. The molecule has 0 radical (unpaired) electrons. The van der Waals surface area contributed by atoms with Gasteiger partial charge in [0.05, 0.1) is 15.9 Å². The van der Waals surface area contributed by atoms with Crippen LogP contribution in [-0.4, -0.2) is 26.4 Å². The third-order valence-electron chi connectivity index (χ3n) is 5.03. The van der Waals surface area contributed by atoms with Crippen LogP contribution < -0.4 is 5.32 Å². The number of nitrogens with one attached hydrogen (secondary N) is 1. The highest BCUT2D eigenvalue weighted by Crippen LogP contribution is 2.34. The maximum Gasteiger partial charge on any atom is 0.256 e. The average Bonchev–Trinajstić information content (AvgIpc) is 3.43. The van der Waals surface area contributed by atoms with Gasteiger partial charge >= 0.3 is 0 Å². The number of rotatable bonds is 5. The van der Waals surface area contributed by atoms with Crippen LogP contribution in [0.5, 0.6) is 0 Å². The van der Waals surface area contributed by atoms with E-state index < -0.39 is 0 Å². The molecule has 0 spiro atoms. The molecule has 0 saturated heterocycles. The van der Waals surface area contributed by atoms with E-state index in [2.05, 4.69) is 18.3 Å². The molecule has 1 aliphatic carbocycles.